The summed E-state index contributed by atoms with van der Waals surface area (Å²) in [5, 5.41) is 4.76. The van der Waals surface area contributed by atoms with Crippen molar-refractivity contribution in [2.75, 3.05) is 5.75 Å². The molecular formula is C25H29Cl3N2O2S. The van der Waals surface area contributed by atoms with Crippen LogP contribution >= 0.6 is 46.6 Å². The Morgan fingerprint density at radius 1 is 1.06 bits per heavy atom. The number of nitrogens with one attached hydrogen (secondary N) is 1. The summed E-state index contributed by atoms with van der Waals surface area (Å²) in [6.07, 6.45) is 5.42. The van der Waals surface area contributed by atoms with Crippen LogP contribution in [-0.2, 0) is 21.9 Å². The van der Waals surface area contributed by atoms with Crippen molar-refractivity contribution in [3.8, 4) is 0 Å². The van der Waals surface area contributed by atoms with E-state index in [0.717, 1.165) is 31.2 Å². The highest BCUT2D eigenvalue weighted by atomic mass is 35.5. The molecular weight excluding hydrogens is 499 g/mol. The highest BCUT2D eigenvalue weighted by molar-refractivity contribution is 7.99. The molecule has 0 radical (unpaired) electrons. The molecule has 178 valence electrons. The Hall–Kier alpha value is -1.40. The third-order valence-electron chi connectivity index (χ3n) is 5.89. The van der Waals surface area contributed by atoms with Gasteiger partial charge in [-0.05, 0) is 49.6 Å². The van der Waals surface area contributed by atoms with Crippen LogP contribution in [0, 0.1) is 0 Å². The topological polar surface area (TPSA) is 49.4 Å². The first-order valence-electron chi connectivity index (χ1n) is 11.2. The van der Waals surface area contributed by atoms with Gasteiger partial charge in [-0.2, -0.15) is 0 Å². The predicted octanol–water partition coefficient (Wildman–Crippen LogP) is 6.75. The van der Waals surface area contributed by atoms with Crippen molar-refractivity contribution in [1.82, 2.24) is 10.2 Å². The molecule has 0 heterocycles. The summed E-state index contributed by atoms with van der Waals surface area (Å²) in [6.45, 7) is 1.94. The van der Waals surface area contributed by atoms with Gasteiger partial charge in [-0.1, -0.05) is 72.3 Å². The Kier molecular flexibility index (Phi) is 10.2. The Morgan fingerprint density at radius 3 is 2.39 bits per heavy atom. The van der Waals surface area contributed by atoms with E-state index in [0.29, 0.717) is 26.4 Å². The van der Waals surface area contributed by atoms with E-state index >= 15 is 0 Å². The van der Waals surface area contributed by atoms with Crippen molar-refractivity contribution < 1.29 is 9.59 Å². The molecule has 0 aromatic heterocycles. The van der Waals surface area contributed by atoms with Crippen molar-refractivity contribution in [1.29, 1.82) is 0 Å². The van der Waals surface area contributed by atoms with Crippen LogP contribution in [-0.4, -0.2) is 34.6 Å². The summed E-state index contributed by atoms with van der Waals surface area (Å²) in [6, 6.07) is 12.4. The van der Waals surface area contributed by atoms with Gasteiger partial charge in [0.05, 0.1) is 5.75 Å². The van der Waals surface area contributed by atoms with Crippen LogP contribution in [0.3, 0.4) is 0 Å². The molecule has 2 aromatic carbocycles. The second-order valence-corrected chi connectivity index (χ2v) is 10.6. The molecule has 8 heteroatoms. The molecule has 1 atom stereocenters. The van der Waals surface area contributed by atoms with Crippen molar-refractivity contribution in [2.45, 2.75) is 63.4 Å². The zero-order valence-corrected chi connectivity index (χ0v) is 21.7. The molecule has 1 aliphatic carbocycles. The van der Waals surface area contributed by atoms with Gasteiger partial charge in [0.2, 0.25) is 11.8 Å². The van der Waals surface area contributed by atoms with Crippen molar-refractivity contribution in [2.24, 2.45) is 0 Å². The summed E-state index contributed by atoms with van der Waals surface area (Å²) in [5.74, 6) is 0.605. The highest BCUT2D eigenvalue weighted by Gasteiger charge is 2.29. The molecule has 1 saturated carbocycles. The van der Waals surface area contributed by atoms with E-state index < -0.39 is 6.04 Å². The molecule has 0 unspecified atom stereocenters. The third-order valence-corrected chi connectivity index (χ3v) is 7.82. The van der Waals surface area contributed by atoms with Gasteiger partial charge in [0, 0.05) is 39.0 Å². The van der Waals surface area contributed by atoms with E-state index in [4.69, 9.17) is 34.8 Å². The molecule has 4 nitrogen and oxygen atoms in total. The van der Waals surface area contributed by atoms with E-state index in [-0.39, 0.29) is 30.2 Å². The summed E-state index contributed by atoms with van der Waals surface area (Å²) in [7, 11) is 0. The van der Waals surface area contributed by atoms with Crippen LogP contribution in [0.5, 0.6) is 0 Å². The van der Waals surface area contributed by atoms with E-state index in [1.54, 1.807) is 30.0 Å². The second kappa shape index (κ2) is 12.9. The lowest BCUT2D eigenvalue weighted by Crippen LogP contribution is -2.50. The number of carbonyl (C=O) groups excluding carboxylic acids is 2. The van der Waals surface area contributed by atoms with E-state index in [2.05, 4.69) is 5.32 Å². The van der Waals surface area contributed by atoms with Gasteiger partial charge in [0.1, 0.15) is 6.04 Å². The average molecular weight is 528 g/mol. The summed E-state index contributed by atoms with van der Waals surface area (Å²) >= 11 is 20.3. The number of rotatable bonds is 9. The Morgan fingerprint density at radius 2 is 1.73 bits per heavy atom. The maximum absolute atomic E-state index is 13.3. The molecule has 0 saturated heterocycles. The summed E-state index contributed by atoms with van der Waals surface area (Å²) in [4.78, 5) is 27.9. The van der Waals surface area contributed by atoms with Crippen LogP contribution in [0.25, 0.3) is 0 Å². The largest absolute Gasteiger partial charge is 0.352 e. The van der Waals surface area contributed by atoms with Gasteiger partial charge < -0.3 is 10.2 Å². The molecule has 33 heavy (non-hydrogen) atoms. The summed E-state index contributed by atoms with van der Waals surface area (Å²) < 4.78 is 0. The summed E-state index contributed by atoms with van der Waals surface area (Å²) in [5.41, 5.74) is 1.69. The van der Waals surface area contributed by atoms with Crippen LogP contribution in [0.4, 0.5) is 0 Å². The average Bonchev–Trinajstić information content (AvgIpc) is 2.79. The highest BCUT2D eigenvalue weighted by Crippen LogP contribution is 2.27. The minimum Gasteiger partial charge on any atom is -0.352 e. The first kappa shape index (κ1) is 26.2. The van der Waals surface area contributed by atoms with Crippen LogP contribution in [0.1, 0.15) is 50.2 Å². The molecule has 2 amide bonds. The van der Waals surface area contributed by atoms with Crippen LogP contribution in [0.2, 0.25) is 15.1 Å². The fraction of sp³-hybridized carbons (Fsp3) is 0.440. The number of nitrogens with zero attached hydrogens (tertiary/aromatic N) is 1. The van der Waals surface area contributed by atoms with Crippen molar-refractivity contribution in [3.63, 3.8) is 0 Å². The lowest BCUT2D eigenvalue weighted by molar-refractivity contribution is -0.139. The number of amides is 2. The number of thioether (sulfide) groups is 1. The lowest BCUT2D eigenvalue weighted by atomic mass is 9.95. The van der Waals surface area contributed by atoms with Gasteiger partial charge in [-0.15, -0.1) is 11.8 Å². The molecule has 1 N–H and O–H groups in total. The predicted molar refractivity (Wildman–Crippen MR) is 139 cm³/mol. The van der Waals surface area contributed by atoms with Crippen molar-refractivity contribution in [3.05, 3.63) is 68.7 Å². The number of carbonyl (C=O) groups is 2. The van der Waals surface area contributed by atoms with Gasteiger partial charge in [-0.25, -0.2) is 0 Å². The molecule has 0 bridgehead atoms. The van der Waals surface area contributed by atoms with E-state index in [1.807, 2.05) is 24.3 Å². The minimum absolute atomic E-state index is 0.135. The fourth-order valence-electron chi connectivity index (χ4n) is 3.97. The van der Waals surface area contributed by atoms with Gasteiger partial charge in [-0.3, -0.25) is 9.59 Å². The molecule has 0 spiro atoms. The lowest BCUT2D eigenvalue weighted by Gasteiger charge is -2.31. The number of hydrogen-bond acceptors (Lipinski definition) is 3. The standard InChI is InChI=1S/C25H29Cl3N2O2S/c1-17(25(32)29-20-9-3-2-4-10-20)30(14-21-22(27)11-6-12-23(21)28)24(31)16-33-15-18-7-5-8-19(26)13-18/h5-8,11-13,17,20H,2-4,9-10,14-16H2,1H3,(H,29,32)/t17-/m0/s1. The Balaban J connectivity index is 1.70. The van der Waals surface area contributed by atoms with E-state index in [1.165, 1.54) is 18.2 Å². The first-order chi connectivity index (χ1) is 15.8. The minimum atomic E-state index is -0.640. The van der Waals surface area contributed by atoms with E-state index in [9.17, 15) is 9.59 Å². The van der Waals surface area contributed by atoms with Gasteiger partial charge in [0.15, 0.2) is 0 Å². The van der Waals surface area contributed by atoms with Gasteiger partial charge >= 0.3 is 0 Å². The normalized spacial score (nSPS) is 15.2. The molecule has 2 aromatic rings. The Labute approximate surface area is 215 Å². The fourth-order valence-corrected chi connectivity index (χ4v) is 5.56. The first-order valence-corrected chi connectivity index (χ1v) is 13.5. The number of halogens is 3. The number of hydrogen-bond donors (Lipinski definition) is 1. The zero-order valence-electron chi connectivity index (χ0n) is 18.7. The van der Waals surface area contributed by atoms with Crippen molar-refractivity contribution >= 4 is 58.4 Å². The van der Waals surface area contributed by atoms with Gasteiger partial charge in [0.25, 0.3) is 0 Å². The third kappa shape index (κ3) is 7.81. The van der Waals surface area contributed by atoms with Crippen LogP contribution in [0.15, 0.2) is 42.5 Å². The Bertz CT molecular complexity index is 946. The molecule has 0 aliphatic heterocycles. The second-order valence-electron chi connectivity index (χ2n) is 8.36. The maximum Gasteiger partial charge on any atom is 0.242 e. The quantitative estimate of drug-likeness (QED) is 0.392. The smallest absolute Gasteiger partial charge is 0.242 e. The zero-order chi connectivity index (χ0) is 23.8. The molecule has 3 rings (SSSR count). The van der Waals surface area contributed by atoms with Crippen LogP contribution < -0.4 is 5.32 Å². The maximum atomic E-state index is 13.3. The number of benzene rings is 2. The monoisotopic (exact) mass is 526 g/mol. The SMILES string of the molecule is C[C@@H](C(=O)NC1CCCCC1)N(Cc1c(Cl)cccc1Cl)C(=O)CSCc1cccc(Cl)c1. The molecule has 1 fully saturated rings. The molecule has 1 aliphatic rings.